The molecule has 0 atom stereocenters. The molecule has 3 rings (SSSR count). The fourth-order valence-electron chi connectivity index (χ4n) is 2.62. The van der Waals surface area contributed by atoms with Crippen molar-refractivity contribution in [3.05, 3.63) is 72.3 Å². The number of aryl methyl sites for hydroxylation is 2. The summed E-state index contributed by atoms with van der Waals surface area (Å²) in [7, 11) is 0. The third-order valence-electron chi connectivity index (χ3n) is 4.10. The van der Waals surface area contributed by atoms with Crippen molar-refractivity contribution in [2.75, 3.05) is 11.9 Å². The molecule has 0 radical (unpaired) electrons. The molecule has 7 nitrogen and oxygen atoms in total. The second-order valence-electron chi connectivity index (χ2n) is 6.25. The maximum Gasteiger partial charge on any atom is 0.319 e. The van der Waals surface area contributed by atoms with Crippen molar-refractivity contribution < 1.29 is 9.53 Å². The summed E-state index contributed by atoms with van der Waals surface area (Å²) < 4.78 is 7.76. The van der Waals surface area contributed by atoms with Crippen LogP contribution in [-0.4, -0.2) is 22.1 Å². The zero-order chi connectivity index (χ0) is 19.8. The maximum atomic E-state index is 12.1. The number of hydrogen-bond donors (Lipinski definition) is 2. The van der Waals surface area contributed by atoms with Crippen molar-refractivity contribution in [3.63, 3.8) is 0 Å². The highest BCUT2D eigenvalue weighted by atomic mass is 16.5. The van der Waals surface area contributed by atoms with Gasteiger partial charge in [0.2, 0.25) is 0 Å². The third kappa shape index (κ3) is 5.35. The standard InChI is InChI=1S/C21H21N5O2/c1-16-13-19(28-18-5-3-17(14-22)4-6-18)7-8-20(16)25-21(27)24-9-2-11-26-12-10-23-15-26/h3-8,10,12-13,15H,2,9,11H2,1H3,(H2,24,25,27). The van der Waals surface area contributed by atoms with Gasteiger partial charge in [-0.25, -0.2) is 9.78 Å². The van der Waals surface area contributed by atoms with Gasteiger partial charge in [-0.2, -0.15) is 5.26 Å². The fourth-order valence-corrected chi connectivity index (χ4v) is 2.62. The SMILES string of the molecule is Cc1cc(Oc2ccc(C#N)cc2)ccc1NC(=O)NCCCn1ccnc1. The van der Waals surface area contributed by atoms with Gasteiger partial charge in [-0.15, -0.1) is 0 Å². The van der Waals surface area contributed by atoms with E-state index in [1.54, 1.807) is 48.9 Å². The van der Waals surface area contributed by atoms with Crippen molar-refractivity contribution in [2.24, 2.45) is 0 Å². The number of hydrogen-bond acceptors (Lipinski definition) is 4. The van der Waals surface area contributed by atoms with Crippen LogP contribution in [0, 0.1) is 18.3 Å². The number of imidazole rings is 1. The molecule has 1 aromatic heterocycles. The first-order valence-electron chi connectivity index (χ1n) is 8.93. The summed E-state index contributed by atoms with van der Waals surface area (Å²) in [5, 5.41) is 14.5. The van der Waals surface area contributed by atoms with Gasteiger partial charge in [0, 0.05) is 31.2 Å². The fraction of sp³-hybridized carbons (Fsp3) is 0.190. The number of urea groups is 1. The van der Waals surface area contributed by atoms with Crippen LogP contribution in [0.25, 0.3) is 0 Å². The summed E-state index contributed by atoms with van der Waals surface area (Å²) >= 11 is 0. The van der Waals surface area contributed by atoms with Crippen LogP contribution in [0.3, 0.4) is 0 Å². The van der Waals surface area contributed by atoms with Gasteiger partial charge < -0.3 is 19.9 Å². The Morgan fingerprint density at radius 3 is 2.68 bits per heavy atom. The van der Waals surface area contributed by atoms with E-state index in [1.165, 1.54) is 0 Å². The minimum atomic E-state index is -0.241. The normalized spacial score (nSPS) is 10.1. The molecule has 1 heterocycles. The highest BCUT2D eigenvalue weighted by molar-refractivity contribution is 5.90. The topological polar surface area (TPSA) is 92.0 Å². The zero-order valence-corrected chi connectivity index (χ0v) is 15.6. The van der Waals surface area contributed by atoms with Crippen molar-refractivity contribution in [3.8, 4) is 17.6 Å². The van der Waals surface area contributed by atoms with Gasteiger partial charge in [0.1, 0.15) is 11.5 Å². The molecule has 3 aromatic rings. The highest BCUT2D eigenvalue weighted by Gasteiger charge is 2.06. The van der Waals surface area contributed by atoms with E-state index in [2.05, 4.69) is 21.7 Å². The van der Waals surface area contributed by atoms with Crippen LogP contribution in [-0.2, 0) is 6.54 Å². The molecular formula is C21H21N5O2. The van der Waals surface area contributed by atoms with Gasteiger partial charge in [-0.3, -0.25) is 0 Å². The molecule has 28 heavy (non-hydrogen) atoms. The van der Waals surface area contributed by atoms with Crippen LogP contribution >= 0.6 is 0 Å². The lowest BCUT2D eigenvalue weighted by molar-refractivity contribution is 0.252. The maximum absolute atomic E-state index is 12.1. The number of nitrogens with zero attached hydrogens (tertiary/aromatic N) is 3. The van der Waals surface area contributed by atoms with E-state index < -0.39 is 0 Å². The zero-order valence-electron chi connectivity index (χ0n) is 15.6. The number of amides is 2. The Morgan fingerprint density at radius 1 is 1.21 bits per heavy atom. The summed E-state index contributed by atoms with van der Waals surface area (Å²) in [6.45, 7) is 3.28. The first kappa shape index (κ1) is 19.0. The van der Waals surface area contributed by atoms with Gasteiger partial charge in [-0.1, -0.05) is 0 Å². The molecule has 0 aliphatic carbocycles. The van der Waals surface area contributed by atoms with Crippen LogP contribution in [0.1, 0.15) is 17.5 Å². The van der Waals surface area contributed by atoms with Crippen LogP contribution in [0.4, 0.5) is 10.5 Å². The van der Waals surface area contributed by atoms with Crippen molar-refractivity contribution >= 4 is 11.7 Å². The first-order valence-corrected chi connectivity index (χ1v) is 8.93. The van der Waals surface area contributed by atoms with Crippen molar-refractivity contribution in [1.82, 2.24) is 14.9 Å². The van der Waals surface area contributed by atoms with E-state index >= 15 is 0 Å². The molecule has 0 aliphatic heterocycles. The number of carbonyl (C=O) groups excluding carboxylic acids is 1. The molecule has 0 aliphatic rings. The van der Waals surface area contributed by atoms with E-state index in [-0.39, 0.29) is 6.03 Å². The van der Waals surface area contributed by atoms with Crippen LogP contribution < -0.4 is 15.4 Å². The number of nitrogens with one attached hydrogen (secondary N) is 2. The van der Waals surface area contributed by atoms with Crippen molar-refractivity contribution in [1.29, 1.82) is 5.26 Å². The molecule has 2 N–H and O–H groups in total. The van der Waals surface area contributed by atoms with Gasteiger partial charge in [-0.05, 0) is 61.4 Å². The molecule has 0 unspecified atom stereocenters. The number of anilines is 1. The monoisotopic (exact) mass is 375 g/mol. The quantitative estimate of drug-likeness (QED) is 0.609. The smallest absolute Gasteiger partial charge is 0.319 e. The lowest BCUT2D eigenvalue weighted by Gasteiger charge is -2.12. The lowest BCUT2D eigenvalue weighted by atomic mass is 10.2. The van der Waals surface area contributed by atoms with Gasteiger partial charge in [0.25, 0.3) is 0 Å². The predicted octanol–water partition coefficient (Wildman–Crippen LogP) is 4.07. The van der Waals surface area contributed by atoms with E-state index in [4.69, 9.17) is 10.00 Å². The second kappa shape index (κ2) is 9.24. The molecule has 0 saturated carbocycles. The summed E-state index contributed by atoms with van der Waals surface area (Å²) in [5.74, 6) is 1.31. The van der Waals surface area contributed by atoms with Gasteiger partial charge in [0.05, 0.1) is 18.0 Å². The number of aromatic nitrogens is 2. The number of carbonyl (C=O) groups is 1. The molecule has 2 amide bonds. The molecule has 0 saturated heterocycles. The lowest BCUT2D eigenvalue weighted by Crippen LogP contribution is -2.30. The highest BCUT2D eigenvalue weighted by Crippen LogP contribution is 2.26. The minimum Gasteiger partial charge on any atom is -0.457 e. The Kier molecular flexibility index (Phi) is 6.26. The first-order chi connectivity index (χ1) is 13.6. The Labute approximate surface area is 163 Å². The number of benzene rings is 2. The van der Waals surface area contributed by atoms with Crippen LogP contribution in [0.15, 0.2) is 61.2 Å². The number of nitriles is 1. The van der Waals surface area contributed by atoms with Crippen molar-refractivity contribution in [2.45, 2.75) is 19.9 Å². The summed E-state index contributed by atoms with van der Waals surface area (Å²) in [4.78, 5) is 16.0. The average Bonchev–Trinajstić information content (AvgIpc) is 3.21. The molecule has 142 valence electrons. The molecular weight excluding hydrogens is 354 g/mol. The molecule has 2 aromatic carbocycles. The van der Waals surface area contributed by atoms with E-state index in [0.29, 0.717) is 23.6 Å². The summed E-state index contributed by atoms with van der Waals surface area (Å²) in [6, 6.07) is 14.2. The van der Waals surface area contributed by atoms with Gasteiger partial charge in [0.15, 0.2) is 0 Å². The number of ether oxygens (including phenoxy) is 1. The number of rotatable bonds is 7. The average molecular weight is 375 g/mol. The molecule has 7 heteroatoms. The Hall–Kier alpha value is -3.79. The predicted molar refractivity (Wildman–Crippen MR) is 106 cm³/mol. The minimum absolute atomic E-state index is 0.241. The summed E-state index contributed by atoms with van der Waals surface area (Å²) in [6.07, 6.45) is 6.20. The van der Waals surface area contributed by atoms with E-state index in [1.807, 2.05) is 23.8 Å². The molecule has 0 bridgehead atoms. The summed E-state index contributed by atoms with van der Waals surface area (Å²) in [5.41, 5.74) is 2.19. The third-order valence-corrected chi connectivity index (χ3v) is 4.10. The Bertz CT molecular complexity index is 959. The Balaban J connectivity index is 1.48. The van der Waals surface area contributed by atoms with Crippen LogP contribution in [0.2, 0.25) is 0 Å². The van der Waals surface area contributed by atoms with E-state index in [9.17, 15) is 4.79 Å². The van der Waals surface area contributed by atoms with E-state index in [0.717, 1.165) is 24.2 Å². The van der Waals surface area contributed by atoms with Gasteiger partial charge >= 0.3 is 6.03 Å². The molecule has 0 fully saturated rings. The largest absolute Gasteiger partial charge is 0.457 e. The van der Waals surface area contributed by atoms with Crippen LogP contribution in [0.5, 0.6) is 11.5 Å². The molecule has 0 spiro atoms. The Morgan fingerprint density at radius 2 is 2.00 bits per heavy atom. The second-order valence-corrected chi connectivity index (χ2v) is 6.25.